The molecule has 10 heteroatoms. The summed E-state index contributed by atoms with van der Waals surface area (Å²) < 4.78 is 25.2. The number of hydrogen-bond acceptors (Lipinski definition) is 8. The van der Waals surface area contributed by atoms with Gasteiger partial charge in [-0.05, 0) is 46.7 Å². The summed E-state index contributed by atoms with van der Waals surface area (Å²) in [5, 5.41) is 14.6. The average Bonchev–Trinajstić information content (AvgIpc) is 3.40. The minimum absolute atomic E-state index is 0.0687. The van der Waals surface area contributed by atoms with E-state index < -0.39 is 17.5 Å². The Morgan fingerprint density at radius 1 is 1.09 bits per heavy atom. The molecule has 4 heterocycles. The summed E-state index contributed by atoms with van der Waals surface area (Å²) >= 11 is 0. The number of aromatic nitrogens is 5. The van der Waals surface area contributed by atoms with Crippen molar-refractivity contribution in [2.24, 2.45) is 5.73 Å². The molecule has 1 atom stereocenters. The van der Waals surface area contributed by atoms with Crippen LogP contribution in [0.4, 0.5) is 4.39 Å². The molecule has 1 aliphatic heterocycles. The number of nitrogens with zero attached hydrogens (tertiary/aromatic N) is 4. The smallest absolute Gasteiger partial charge is 0.344 e. The van der Waals surface area contributed by atoms with Gasteiger partial charge >= 0.3 is 5.63 Å². The third-order valence-corrected chi connectivity index (χ3v) is 6.05. The van der Waals surface area contributed by atoms with Crippen LogP contribution >= 0.6 is 0 Å². The lowest BCUT2D eigenvalue weighted by molar-refractivity contribution is 0.399. The zero-order chi connectivity index (χ0) is 24.1. The van der Waals surface area contributed by atoms with Gasteiger partial charge in [0.1, 0.15) is 5.58 Å². The van der Waals surface area contributed by atoms with Crippen molar-refractivity contribution in [2.45, 2.75) is 12.8 Å². The second-order valence-electron chi connectivity index (χ2n) is 8.15. The van der Waals surface area contributed by atoms with Gasteiger partial charge in [-0.15, -0.1) is 5.10 Å². The standard InChI is InChI=1S/C25H17FN6O3/c1-12-10-15(11-28-22(12)26)13-6-8-14(9-7-13)18-19-21(16-4-2-3-5-17(16)34-25(19)33)35-23(27)20(18)24-29-31-32-30-24/h2-11,18H,27H2,1H3,(H,29,30,31,32). The summed E-state index contributed by atoms with van der Waals surface area (Å²) in [6.07, 6.45) is 1.48. The molecule has 35 heavy (non-hydrogen) atoms. The first-order valence-corrected chi connectivity index (χ1v) is 10.7. The largest absolute Gasteiger partial charge is 0.440 e. The normalized spacial score (nSPS) is 15.2. The molecule has 2 aromatic carbocycles. The Kier molecular flexibility index (Phi) is 4.66. The molecule has 0 radical (unpaired) electrons. The van der Waals surface area contributed by atoms with Gasteiger partial charge < -0.3 is 14.9 Å². The summed E-state index contributed by atoms with van der Waals surface area (Å²) in [5.74, 6) is -0.504. The van der Waals surface area contributed by atoms with Gasteiger partial charge in [-0.1, -0.05) is 36.4 Å². The van der Waals surface area contributed by atoms with Gasteiger partial charge in [0, 0.05) is 17.3 Å². The van der Waals surface area contributed by atoms with Crippen LogP contribution in [-0.2, 0) is 0 Å². The number of nitrogens with one attached hydrogen (secondary N) is 1. The fraction of sp³-hybridized carbons (Fsp3) is 0.0800. The first-order chi connectivity index (χ1) is 17.0. The number of benzene rings is 2. The minimum Gasteiger partial charge on any atom is -0.440 e. The minimum atomic E-state index is -0.670. The molecule has 0 spiro atoms. The number of aryl methyl sites for hydroxylation is 1. The van der Waals surface area contributed by atoms with Crippen LogP contribution in [0.5, 0.6) is 5.75 Å². The van der Waals surface area contributed by atoms with Gasteiger partial charge in [-0.3, -0.25) is 0 Å². The third-order valence-electron chi connectivity index (χ3n) is 6.05. The van der Waals surface area contributed by atoms with Crippen LogP contribution < -0.4 is 16.1 Å². The maximum atomic E-state index is 13.6. The van der Waals surface area contributed by atoms with E-state index in [2.05, 4.69) is 25.6 Å². The zero-order valence-corrected chi connectivity index (χ0v) is 18.3. The van der Waals surface area contributed by atoms with Crippen LogP contribution in [0.25, 0.3) is 27.7 Å². The highest BCUT2D eigenvalue weighted by Gasteiger charge is 2.37. The van der Waals surface area contributed by atoms with E-state index in [1.807, 2.05) is 30.3 Å². The highest BCUT2D eigenvalue weighted by atomic mass is 19.1. The Bertz CT molecular complexity index is 1680. The molecular weight excluding hydrogens is 451 g/mol. The summed E-state index contributed by atoms with van der Waals surface area (Å²) in [6.45, 7) is 1.66. The number of para-hydroxylation sites is 1. The fourth-order valence-corrected chi connectivity index (χ4v) is 4.39. The number of pyridine rings is 1. The number of aromatic amines is 1. The predicted octanol–water partition coefficient (Wildman–Crippen LogP) is 3.67. The zero-order valence-electron chi connectivity index (χ0n) is 18.3. The Morgan fingerprint density at radius 2 is 1.89 bits per heavy atom. The van der Waals surface area contributed by atoms with Crippen LogP contribution in [0.2, 0.25) is 0 Å². The molecule has 6 rings (SSSR count). The Labute approximate surface area is 197 Å². The Hall–Kier alpha value is -4.86. The maximum Gasteiger partial charge on any atom is 0.344 e. The molecule has 0 saturated carbocycles. The molecule has 5 aromatic rings. The molecule has 9 nitrogen and oxygen atoms in total. The molecule has 0 saturated heterocycles. The third kappa shape index (κ3) is 3.34. The summed E-state index contributed by atoms with van der Waals surface area (Å²) in [4.78, 5) is 17.0. The molecule has 3 N–H and O–H groups in total. The van der Waals surface area contributed by atoms with E-state index in [1.54, 1.807) is 31.2 Å². The SMILES string of the molecule is Cc1cc(-c2ccc(C3C(c4nnn[nH]4)=C(N)Oc4c3c(=O)oc3ccccc43)cc2)cnc1F. The van der Waals surface area contributed by atoms with Gasteiger partial charge in [0.05, 0.1) is 22.4 Å². The molecule has 0 bridgehead atoms. The van der Waals surface area contributed by atoms with Gasteiger partial charge in [0.15, 0.2) is 17.5 Å². The second kappa shape index (κ2) is 7.87. The fourth-order valence-electron chi connectivity index (χ4n) is 4.39. The van der Waals surface area contributed by atoms with Gasteiger partial charge in [-0.25, -0.2) is 14.9 Å². The molecule has 3 aromatic heterocycles. The molecular formula is C25H17FN6O3. The number of rotatable bonds is 3. The van der Waals surface area contributed by atoms with Gasteiger partial charge in [0.25, 0.3) is 0 Å². The number of halogens is 1. The van der Waals surface area contributed by atoms with Crippen molar-refractivity contribution in [3.63, 3.8) is 0 Å². The second-order valence-corrected chi connectivity index (χ2v) is 8.15. The number of fused-ring (bicyclic) bond motifs is 3. The predicted molar refractivity (Wildman–Crippen MR) is 125 cm³/mol. The van der Waals surface area contributed by atoms with Crippen molar-refractivity contribution in [3.8, 4) is 16.9 Å². The van der Waals surface area contributed by atoms with Gasteiger partial charge in [-0.2, -0.15) is 4.39 Å². The van der Waals surface area contributed by atoms with Crippen LogP contribution in [0, 0.1) is 12.9 Å². The highest BCUT2D eigenvalue weighted by molar-refractivity contribution is 5.88. The maximum absolute atomic E-state index is 13.6. The number of H-pyrrole nitrogens is 1. The number of nitrogens with two attached hydrogens (primary N) is 1. The van der Waals surface area contributed by atoms with Crippen molar-refractivity contribution in [1.82, 2.24) is 25.6 Å². The summed E-state index contributed by atoms with van der Waals surface area (Å²) in [5.41, 5.74) is 9.70. The summed E-state index contributed by atoms with van der Waals surface area (Å²) in [7, 11) is 0. The molecule has 0 amide bonds. The number of allylic oxidation sites excluding steroid dienone is 1. The Balaban J connectivity index is 1.55. The van der Waals surface area contributed by atoms with Crippen molar-refractivity contribution >= 4 is 16.5 Å². The van der Waals surface area contributed by atoms with Crippen LogP contribution in [-0.4, -0.2) is 25.6 Å². The van der Waals surface area contributed by atoms with Crippen LogP contribution in [0.1, 0.15) is 28.4 Å². The van der Waals surface area contributed by atoms with Crippen molar-refractivity contribution in [2.75, 3.05) is 0 Å². The lowest BCUT2D eigenvalue weighted by atomic mass is 9.82. The molecule has 0 aliphatic carbocycles. The van der Waals surface area contributed by atoms with Crippen molar-refractivity contribution < 1.29 is 13.5 Å². The monoisotopic (exact) mass is 468 g/mol. The topological polar surface area (TPSA) is 133 Å². The van der Waals surface area contributed by atoms with E-state index in [0.717, 1.165) is 16.7 Å². The van der Waals surface area contributed by atoms with E-state index in [1.165, 1.54) is 6.20 Å². The Morgan fingerprint density at radius 3 is 2.63 bits per heavy atom. The van der Waals surface area contributed by atoms with Crippen LogP contribution in [0.15, 0.2) is 75.9 Å². The molecule has 1 aliphatic rings. The van der Waals surface area contributed by atoms with E-state index in [-0.39, 0.29) is 17.3 Å². The quantitative estimate of drug-likeness (QED) is 0.303. The lowest BCUT2D eigenvalue weighted by Gasteiger charge is -2.28. The summed E-state index contributed by atoms with van der Waals surface area (Å²) in [6, 6.07) is 16.3. The van der Waals surface area contributed by atoms with E-state index in [4.69, 9.17) is 14.9 Å². The van der Waals surface area contributed by atoms with E-state index in [0.29, 0.717) is 27.9 Å². The first kappa shape index (κ1) is 20.7. The molecule has 172 valence electrons. The lowest BCUT2D eigenvalue weighted by Crippen LogP contribution is -2.26. The van der Waals surface area contributed by atoms with E-state index >= 15 is 0 Å². The van der Waals surface area contributed by atoms with Crippen molar-refractivity contribution in [1.29, 1.82) is 0 Å². The molecule has 1 unspecified atom stereocenters. The van der Waals surface area contributed by atoms with Crippen LogP contribution in [0.3, 0.4) is 0 Å². The van der Waals surface area contributed by atoms with Gasteiger partial charge in [0.2, 0.25) is 5.95 Å². The average molecular weight is 468 g/mol. The number of hydrogen-bond donors (Lipinski definition) is 2. The van der Waals surface area contributed by atoms with E-state index in [9.17, 15) is 9.18 Å². The first-order valence-electron chi connectivity index (χ1n) is 10.7. The number of ether oxygens (including phenoxy) is 1. The highest BCUT2D eigenvalue weighted by Crippen LogP contribution is 2.46. The van der Waals surface area contributed by atoms with Crippen molar-refractivity contribution in [3.05, 3.63) is 106 Å². The number of tetrazole rings is 1. The molecule has 0 fully saturated rings.